The van der Waals surface area contributed by atoms with E-state index in [1.54, 1.807) is 6.92 Å². The number of nitrogens with one attached hydrogen (secondary N) is 1. The van der Waals surface area contributed by atoms with E-state index in [9.17, 15) is 19.2 Å². The fourth-order valence-electron chi connectivity index (χ4n) is 2.77. The molecule has 0 bridgehead atoms. The average molecular weight is 271 g/mol. The van der Waals surface area contributed by atoms with E-state index >= 15 is 0 Å². The number of esters is 4. The molecule has 0 saturated carbocycles. The Morgan fingerprint density at radius 2 is 1.68 bits per heavy atom. The Balaban J connectivity index is 2.56. The van der Waals surface area contributed by atoms with Gasteiger partial charge in [0.15, 0.2) is 0 Å². The molecule has 2 heterocycles. The van der Waals surface area contributed by atoms with E-state index in [1.165, 1.54) is 0 Å². The first-order chi connectivity index (χ1) is 8.90. The molecule has 3 atom stereocenters. The highest BCUT2D eigenvalue weighted by atomic mass is 16.6. The lowest BCUT2D eigenvalue weighted by atomic mass is 9.80. The maximum Gasteiger partial charge on any atom is 0.338 e. The van der Waals surface area contributed by atoms with Crippen molar-refractivity contribution in [3.63, 3.8) is 0 Å². The maximum absolute atomic E-state index is 12.0. The van der Waals surface area contributed by atoms with Gasteiger partial charge in [-0.2, -0.15) is 0 Å². The summed E-state index contributed by atoms with van der Waals surface area (Å²) in [6, 6.07) is -0.595. The lowest BCUT2D eigenvalue weighted by molar-refractivity contribution is -0.170. The number of carbonyl (C=O) groups excluding carboxylic acids is 4. The number of hydrogen-bond acceptors (Lipinski definition) is 8. The van der Waals surface area contributed by atoms with Crippen molar-refractivity contribution >= 4 is 23.9 Å². The summed E-state index contributed by atoms with van der Waals surface area (Å²) >= 11 is 0. The quantitative estimate of drug-likeness (QED) is 0.362. The highest BCUT2D eigenvalue weighted by Crippen LogP contribution is 2.42. The third kappa shape index (κ3) is 1.56. The van der Waals surface area contributed by atoms with E-state index in [0.29, 0.717) is 0 Å². The number of methoxy groups -OCH3 is 2. The van der Waals surface area contributed by atoms with Crippen LogP contribution in [0.4, 0.5) is 0 Å². The lowest BCUT2D eigenvalue weighted by Crippen LogP contribution is -2.61. The first-order valence-electron chi connectivity index (χ1n) is 5.60. The highest BCUT2D eigenvalue weighted by molar-refractivity contribution is 6.13. The van der Waals surface area contributed by atoms with E-state index in [4.69, 9.17) is 0 Å². The predicted molar refractivity (Wildman–Crippen MR) is 57.4 cm³/mol. The van der Waals surface area contributed by atoms with E-state index in [-0.39, 0.29) is 0 Å². The summed E-state index contributed by atoms with van der Waals surface area (Å²) in [5, 5.41) is 2.66. The van der Waals surface area contributed by atoms with Gasteiger partial charge in [0.2, 0.25) is 5.54 Å². The third-order valence-corrected chi connectivity index (χ3v) is 3.56. The number of fused-ring (bicyclic) bond motifs is 1. The Labute approximate surface area is 108 Å². The summed E-state index contributed by atoms with van der Waals surface area (Å²) in [7, 11) is 2.16. The van der Waals surface area contributed by atoms with Crippen LogP contribution in [0.3, 0.4) is 0 Å². The molecule has 0 aromatic rings. The van der Waals surface area contributed by atoms with Crippen molar-refractivity contribution in [2.75, 3.05) is 14.2 Å². The molecule has 2 saturated heterocycles. The number of carbonyl (C=O) groups is 4. The van der Waals surface area contributed by atoms with Gasteiger partial charge in [0.25, 0.3) is 0 Å². The predicted octanol–water partition coefficient (Wildman–Crippen LogP) is -1.62. The van der Waals surface area contributed by atoms with Crippen molar-refractivity contribution in [3.8, 4) is 0 Å². The summed E-state index contributed by atoms with van der Waals surface area (Å²) in [4.78, 5) is 47.3. The van der Waals surface area contributed by atoms with E-state index in [0.717, 1.165) is 14.2 Å². The van der Waals surface area contributed by atoms with Crippen LogP contribution < -0.4 is 5.32 Å². The van der Waals surface area contributed by atoms with Crippen molar-refractivity contribution in [3.05, 3.63) is 0 Å². The molecular weight excluding hydrogens is 258 g/mol. The molecule has 2 fully saturated rings. The SMILES string of the molecule is COC(=O)C1(C(=O)OC)N[C@H](C)[C@@H]2C(=O)OC(=O)[C@@H]21. The minimum atomic E-state index is -2.03. The lowest BCUT2D eigenvalue weighted by Gasteiger charge is -2.27. The maximum atomic E-state index is 12.0. The van der Waals surface area contributed by atoms with Gasteiger partial charge >= 0.3 is 23.9 Å². The van der Waals surface area contributed by atoms with Crippen LogP contribution in [0, 0.1) is 11.8 Å². The molecule has 0 amide bonds. The highest BCUT2D eigenvalue weighted by Gasteiger charge is 2.71. The molecule has 0 aromatic heterocycles. The monoisotopic (exact) mass is 271 g/mol. The molecule has 8 nitrogen and oxygen atoms in total. The van der Waals surface area contributed by atoms with Gasteiger partial charge in [0.1, 0.15) is 5.92 Å². The van der Waals surface area contributed by atoms with Crippen LogP contribution in [0.25, 0.3) is 0 Å². The summed E-state index contributed by atoms with van der Waals surface area (Å²) < 4.78 is 13.7. The second-order valence-electron chi connectivity index (χ2n) is 4.47. The van der Waals surface area contributed by atoms with Crippen LogP contribution in [0.1, 0.15) is 6.92 Å². The topological polar surface area (TPSA) is 108 Å². The standard InChI is InChI=1S/C11H13NO7/c1-4-5-6(8(14)19-7(5)13)11(12-4,9(15)17-2)10(16)18-3/h4-6,12H,1-3H3/t4-,5+,6-/m1/s1. The molecule has 0 aromatic carbocycles. The van der Waals surface area contributed by atoms with Crippen LogP contribution >= 0.6 is 0 Å². The Morgan fingerprint density at radius 1 is 1.16 bits per heavy atom. The smallest absolute Gasteiger partial charge is 0.338 e. The van der Waals surface area contributed by atoms with Crippen LogP contribution in [-0.4, -0.2) is 49.7 Å². The zero-order valence-corrected chi connectivity index (χ0v) is 10.6. The summed E-state index contributed by atoms with van der Waals surface area (Å²) in [5.74, 6) is -5.83. The second kappa shape index (κ2) is 4.30. The second-order valence-corrected chi connectivity index (χ2v) is 4.47. The summed E-state index contributed by atoms with van der Waals surface area (Å²) in [5.41, 5.74) is -2.03. The molecule has 2 aliphatic heterocycles. The van der Waals surface area contributed by atoms with Gasteiger partial charge in [-0.25, -0.2) is 9.59 Å². The molecule has 2 aliphatic rings. The number of rotatable bonds is 2. The summed E-state index contributed by atoms with van der Waals surface area (Å²) in [6.45, 7) is 1.57. The molecule has 0 aliphatic carbocycles. The first kappa shape index (κ1) is 13.5. The fraction of sp³-hybridized carbons (Fsp3) is 0.636. The van der Waals surface area contributed by atoms with Gasteiger partial charge in [0, 0.05) is 6.04 Å². The van der Waals surface area contributed by atoms with Gasteiger partial charge in [-0.3, -0.25) is 14.9 Å². The van der Waals surface area contributed by atoms with Crippen molar-refractivity contribution in [1.82, 2.24) is 5.32 Å². The molecule has 2 rings (SSSR count). The molecule has 0 radical (unpaired) electrons. The average Bonchev–Trinajstić information content (AvgIpc) is 2.86. The Kier molecular flexibility index (Phi) is 3.05. The van der Waals surface area contributed by atoms with Gasteiger partial charge in [-0.15, -0.1) is 0 Å². The molecule has 19 heavy (non-hydrogen) atoms. The minimum absolute atomic E-state index is 0.595. The number of ether oxygens (including phenoxy) is 3. The van der Waals surface area contributed by atoms with Crippen LogP contribution in [-0.2, 0) is 33.4 Å². The molecular formula is C11H13NO7. The number of cyclic esters (lactones) is 2. The minimum Gasteiger partial charge on any atom is -0.467 e. The molecule has 0 unspecified atom stereocenters. The molecule has 0 spiro atoms. The Morgan fingerprint density at radius 3 is 2.16 bits per heavy atom. The van der Waals surface area contributed by atoms with E-state index in [2.05, 4.69) is 19.5 Å². The largest absolute Gasteiger partial charge is 0.467 e. The fourth-order valence-corrected chi connectivity index (χ4v) is 2.77. The van der Waals surface area contributed by atoms with Crippen molar-refractivity contribution in [1.29, 1.82) is 0 Å². The number of hydrogen-bond donors (Lipinski definition) is 1. The van der Waals surface area contributed by atoms with Gasteiger partial charge in [-0.05, 0) is 6.92 Å². The molecule has 1 N–H and O–H groups in total. The van der Waals surface area contributed by atoms with Crippen LogP contribution in [0.2, 0.25) is 0 Å². The van der Waals surface area contributed by atoms with Gasteiger partial charge < -0.3 is 14.2 Å². The molecule has 8 heteroatoms. The zero-order valence-electron chi connectivity index (χ0n) is 10.6. The normalized spacial score (nSPS) is 31.6. The zero-order chi connectivity index (χ0) is 14.4. The van der Waals surface area contributed by atoms with E-state index in [1.807, 2.05) is 0 Å². The van der Waals surface area contributed by atoms with Crippen molar-refractivity contribution in [2.24, 2.45) is 11.8 Å². The van der Waals surface area contributed by atoms with Crippen molar-refractivity contribution in [2.45, 2.75) is 18.5 Å². The first-order valence-corrected chi connectivity index (χ1v) is 5.60. The summed E-state index contributed by atoms with van der Waals surface area (Å²) in [6.07, 6.45) is 0. The van der Waals surface area contributed by atoms with Gasteiger partial charge in [0.05, 0.1) is 20.1 Å². The van der Waals surface area contributed by atoms with Gasteiger partial charge in [-0.1, -0.05) is 0 Å². The van der Waals surface area contributed by atoms with Crippen molar-refractivity contribution < 1.29 is 33.4 Å². The van der Waals surface area contributed by atoms with Crippen LogP contribution in [0.15, 0.2) is 0 Å². The Hall–Kier alpha value is -1.96. The van der Waals surface area contributed by atoms with E-state index < -0.39 is 47.3 Å². The third-order valence-electron chi connectivity index (χ3n) is 3.56. The molecule has 104 valence electrons. The van der Waals surface area contributed by atoms with Crippen LogP contribution in [0.5, 0.6) is 0 Å². The Bertz CT molecular complexity index is 456.